The van der Waals surface area contributed by atoms with E-state index in [2.05, 4.69) is 17.9 Å². The summed E-state index contributed by atoms with van der Waals surface area (Å²) in [6.07, 6.45) is 1.92. The Morgan fingerprint density at radius 2 is 1.77 bits per heavy atom. The van der Waals surface area contributed by atoms with Crippen molar-refractivity contribution >= 4 is 42.4 Å². The van der Waals surface area contributed by atoms with Crippen molar-refractivity contribution in [3.63, 3.8) is 0 Å². The van der Waals surface area contributed by atoms with Crippen molar-refractivity contribution in [3.8, 4) is 0 Å². The fourth-order valence-electron chi connectivity index (χ4n) is 3.13. The molecule has 0 radical (unpaired) electrons. The first-order chi connectivity index (χ1) is 14.1. The zero-order chi connectivity index (χ0) is 22.1. The van der Waals surface area contributed by atoms with Crippen LogP contribution >= 0.6 is 11.3 Å². The maximum Gasteiger partial charge on any atom is 0.260 e. The summed E-state index contributed by atoms with van der Waals surface area (Å²) in [5.74, 6) is -0.244. The SMILES string of the molecule is Cc1cc2nc(N(CCCN(C)C)C(=O)c3cccc(S(C)(=O)=O)c3)sc2cc1C. The number of benzene rings is 2. The molecule has 3 rings (SSSR count). The number of carbonyl (C=O) groups is 1. The van der Waals surface area contributed by atoms with Crippen molar-refractivity contribution in [1.82, 2.24) is 9.88 Å². The molecule has 160 valence electrons. The van der Waals surface area contributed by atoms with Crippen LogP contribution in [0.2, 0.25) is 0 Å². The Morgan fingerprint density at radius 1 is 1.07 bits per heavy atom. The number of hydrogen-bond donors (Lipinski definition) is 0. The van der Waals surface area contributed by atoms with Crippen LogP contribution in [0.1, 0.15) is 27.9 Å². The third-order valence-electron chi connectivity index (χ3n) is 4.96. The van der Waals surface area contributed by atoms with Crippen molar-refractivity contribution in [2.75, 3.05) is 38.3 Å². The van der Waals surface area contributed by atoms with Gasteiger partial charge >= 0.3 is 0 Å². The predicted octanol–water partition coefficient (Wildman–Crippen LogP) is 3.92. The van der Waals surface area contributed by atoms with Crippen LogP contribution in [0.25, 0.3) is 10.2 Å². The molecule has 0 aliphatic heterocycles. The summed E-state index contributed by atoms with van der Waals surface area (Å²) < 4.78 is 24.9. The molecule has 6 nitrogen and oxygen atoms in total. The van der Waals surface area contributed by atoms with Gasteiger partial charge in [0.05, 0.1) is 15.1 Å². The molecular formula is C22H27N3O3S2. The van der Waals surface area contributed by atoms with Gasteiger partial charge in [-0.1, -0.05) is 17.4 Å². The van der Waals surface area contributed by atoms with Gasteiger partial charge in [-0.05, 0) is 82.4 Å². The molecule has 1 amide bonds. The van der Waals surface area contributed by atoms with Gasteiger partial charge < -0.3 is 4.90 Å². The second-order valence-electron chi connectivity index (χ2n) is 7.81. The number of rotatable bonds is 7. The van der Waals surface area contributed by atoms with Crippen LogP contribution in [0.3, 0.4) is 0 Å². The monoisotopic (exact) mass is 445 g/mol. The minimum atomic E-state index is -3.40. The molecule has 0 unspecified atom stereocenters. The highest BCUT2D eigenvalue weighted by atomic mass is 32.2. The molecule has 0 atom stereocenters. The smallest absolute Gasteiger partial charge is 0.260 e. The van der Waals surface area contributed by atoms with Crippen LogP contribution in [0, 0.1) is 13.8 Å². The lowest BCUT2D eigenvalue weighted by molar-refractivity contribution is 0.0986. The Hall–Kier alpha value is -2.29. The minimum absolute atomic E-state index is 0.136. The van der Waals surface area contributed by atoms with Crippen LogP contribution in [0.15, 0.2) is 41.3 Å². The Bertz CT molecular complexity index is 1140. The van der Waals surface area contributed by atoms with Crippen LogP contribution < -0.4 is 4.90 Å². The lowest BCUT2D eigenvalue weighted by atomic mass is 10.1. The number of hydrogen-bond acceptors (Lipinski definition) is 6. The third-order valence-corrected chi connectivity index (χ3v) is 7.12. The van der Waals surface area contributed by atoms with Gasteiger partial charge in [-0.25, -0.2) is 13.4 Å². The van der Waals surface area contributed by atoms with Gasteiger partial charge in [0.1, 0.15) is 0 Å². The van der Waals surface area contributed by atoms with E-state index in [-0.39, 0.29) is 10.8 Å². The van der Waals surface area contributed by atoms with Crippen LogP contribution in [0.5, 0.6) is 0 Å². The molecule has 30 heavy (non-hydrogen) atoms. The first-order valence-electron chi connectivity index (χ1n) is 9.71. The highest BCUT2D eigenvalue weighted by Crippen LogP contribution is 2.32. The van der Waals surface area contributed by atoms with Gasteiger partial charge in [0.15, 0.2) is 15.0 Å². The average Bonchev–Trinajstić information content (AvgIpc) is 3.06. The molecule has 3 aromatic rings. The maximum absolute atomic E-state index is 13.4. The largest absolute Gasteiger partial charge is 0.309 e. The lowest BCUT2D eigenvalue weighted by Gasteiger charge is -2.21. The van der Waals surface area contributed by atoms with E-state index in [9.17, 15) is 13.2 Å². The number of sulfone groups is 1. The second-order valence-corrected chi connectivity index (χ2v) is 10.8. The van der Waals surface area contributed by atoms with Crippen molar-refractivity contribution in [2.45, 2.75) is 25.2 Å². The molecule has 0 aliphatic rings. The van der Waals surface area contributed by atoms with Gasteiger partial charge in [0, 0.05) is 18.4 Å². The molecule has 1 aromatic heterocycles. The maximum atomic E-state index is 13.4. The topological polar surface area (TPSA) is 70.6 Å². The van der Waals surface area contributed by atoms with E-state index < -0.39 is 9.84 Å². The summed E-state index contributed by atoms with van der Waals surface area (Å²) in [6, 6.07) is 10.3. The predicted molar refractivity (Wildman–Crippen MR) is 123 cm³/mol. The van der Waals surface area contributed by atoms with Crippen molar-refractivity contribution in [1.29, 1.82) is 0 Å². The summed E-state index contributed by atoms with van der Waals surface area (Å²) in [5.41, 5.74) is 3.55. The van der Waals surface area contributed by atoms with Gasteiger partial charge in [-0.2, -0.15) is 0 Å². The number of anilines is 1. The first kappa shape index (κ1) is 22.4. The molecule has 2 aromatic carbocycles. The third kappa shape index (κ3) is 5.06. The molecule has 0 spiro atoms. The molecule has 0 fully saturated rings. The zero-order valence-electron chi connectivity index (χ0n) is 18.0. The molecule has 0 N–H and O–H groups in total. The van der Waals surface area contributed by atoms with E-state index in [1.165, 1.54) is 29.0 Å². The number of carbonyl (C=O) groups excluding carboxylic acids is 1. The second kappa shape index (κ2) is 8.83. The summed E-state index contributed by atoms with van der Waals surface area (Å²) >= 11 is 1.48. The number of thiazole rings is 1. The fraction of sp³-hybridized carbons (Fsp3) is 0.364. The highest BCUT2D eigenvalue weighted by Gasteiger charge is 2.22. The van der Waals surface area contributed by atoms with Crippen LogP contribution in [-0.2, 0) is 9.84 Å². The van der Waals surface area contributed by atoms with E-state index in [1.807, 2.05) is 27.1 Å². The standard InChI is InChI=1S/C22H27N3O3S2/c1-15-12-19-20(13-16(15)2)29-22(23-19)25(11-7-10-24(3)4)21(26)17-8-6-9-18(14-17)30(5,27)28/h6,8-9,12-14H,7,10-11H2,1-5H3. The van der Waals surface area contributed by atoms with Gasteiger partial charge in [-0.3, -0.25) is 9.69 Å². The molecule has 0 bridgehead atoms. The summed E-state index contributed by atoms with van der Waals surface area (Å²) in [6.45, 7) is 5.43. The number of amides is 1. The molecule has 1 heterocycles. The van der Waals surface area contributed by atoms with E-state index in [1.54, 1.807) is 17.0 Å². The van der Waals surface area contributed by atoms with E-state index in [4.69, 9.17) is 4.98 Å². The number of aromatic nitrogens is 1. The Labute approximate surface area is 182 Å². The zero-order valence-corrected chi connectivity index (χ0v) is 19.6. The van der Waals surface area contributed by atoms with Crippen molar-refractivity contribution < 1.29 is 13.2 Å². The minimum Gasteiger partial charge on any atom is -0.309 e. The van der Waals surface area contributed by atoms with E-state index in [0.29, 0.717) is 17.2 Å². The summed E-state index contributed by atoms with van der Waals surface area (Å²) in [4.78, 5) is 22.0. The molecular weight excluding hydrogens is 418 g/mol. The van der Waals surface area contributed by atoms with Gasteiger partial charge in [-0.15, -0.1) is 0 Å². The lowest BCUT2D eigenvalue weighted by Crippen LogP contribution is -2.33. The summed E-state index contributed by atoms with van der Waals surface area (Å²) in [7, 11) is 0.584. The summed E-state index contributed by atoms with van der Waals surface area (Å²) in [5, 5.41) is 0.628. The van der Waals surface area contributed by atoms with Gasteiger partial charge in [0.25, 0.3) is 5.91 Å². The van der Waals surface area contributed by atoms with E-state index in [0.717, 1.165) is 35.0 Å². The molecule has 0 saturated carbocycles. The Kier molecular flexibility index (Phi) is 6.59. The molecule has 0 aliphatic carbocycles. The van der Waals surface area contributed by atoms with Gasteiger partial charge in [0.2, 0.25) is 0 Å². The first-order valence-corrected chi connectivity index (χ1v) is 12.4. The number of aryl methyl sites for hydroxylation is 2. The Morgan fingerprint density at radius 3 is 2.43 bits per heavy atom. The fourth-order valence-corrected chi connectivity index (χ4v) is 4.86. The quantitative estimate of drug-likeness (QED) is 0.551. The van der Waals surface area contributed by atoms with Crippen molar-refractivity contribution in [3.05, 3.63) is 53.1 Å². The number of nitrogens with zero attached hydrogens (tertiary/aromatic N) is 3. The Balaban J connectivity index is 2.01. The number of fused-ring (bicyclic) bond motifs is 1. The average molecular weight is 446 g/mol. The normalized spacial score (nSPS) is 11.9. The molecule has 0 saturated heterocycles. The van der Waals surface area contributed by atoms with E-state index >= 15 is 0 Å². The molecule has 8 heteroatoms. The van der Waals surface area contributed by atoms with Crippen molar-refractivity contribution in [2.24, 2.45) is 0 Å². The van der Waals surface area contributed by atoms with Crippen LogP contribution in [-0.4, -0.2) is 57.6 Å². The van der Waals surface area contributed by atoms with Crippen LogP contribution in [0.4, 0.5) is 5.13 Å². The highest BCUT2D eigenvalue weighted by molar-refractivity contribution is 7.90.